The fourth-order valence-electron chi connectivity index (χ4n) is 4.80. The number of nitrogens with zero attached hydrogens (tertiary/aromatic N) is 3. The van der Waals surface area contributed by atoms with Crippen LogP contribution in [0.4, 0.5) is 0 Å². The molecule has 0 aromatic rings. The van der Waals surface area contributed by atoms with Crippen LogP contribution in [-0.2, 0) is 4.79 Å². The number of nitrogens with two attached hydrogens (primary N) is 1. The van der Waals surface area contributed by atoms with E-state index in [-0.39, 0.29) is 11.8 Å². The maximum Gasteiger partial charge on any atom is 0.220 e. The molecule has 28 heavy (non-hydrogen) atoms. The summed E-state index contributed by atoms with van der Waals surface area (Å²) in [5, 5.41) is 3.51. The van der Waals surface area contributed by atoms with Gasteiger partial charge in [0.15, 0.2) is 5.96 Å². The summed E-state index contributed by atoms with van der Waals surface area (Å²) in [6, 6.07) is 0. The summed E-state index contributed by atoms with van der Waals surface area (Å²) in [5.74, 6) is 1.07. The molecule has 0 aliphatic carbocycles. The Morgan fingerprint density at radius 2 is 1.96 bits per heavy atom. The fraction of sp³-hybridized carbons (Fsp3) is 0.909. The average molecular weight is 394 g/mol. The van der Waals surface area contributed by atoms with E-state index >= 15 is 0 Å². The van der Waals surface area contributed by atoms with Gasteiger partial charge in [0.2, 0.25) is 5.91 Å². The number of unbranched alkanes of at least 4 members (excludes halogenated alkanes) is 1. The Balaban J connectivity index is 1.73. The zero-order valence-corrected chi connectivity index (χ0v) is 18.5. The van der Waals surface area contributed by atoms with E-state index in [9.17, 15) is 4.79 Å². The molecule has 0 aromatic heterocycles. The number of likely N-dealkylation sites (tertiary alicyclic amines) is 2. The highest BCUT2D eigenvalue weighted by atomic mass is 16.1. The van der Waals surface area contributed by atoms with Gasteiger partial charge in [0, 0.05) is 32.1 Å². The van der Waals surface area contributed by atoms with E-state index in [1.165, 1.54) is 25.7 Å². The maximum atomic E-state index is 11.3. The normalized spacial score (nSPS) is 25.1. The van der Waals surface area contributed by atoms with Crippen molar-refractivity contribution in [1.29, 1.82) is 0 Å². The number of primary amides is 1. The molecule has 2 saturated heterocycles. The molecule has 0 radical (unpaired) electrons. The average Bonchev–Trinajstić information content (AvgIpc) is 2.67. The van der Waals surface area contributed by atoms with E-state index in [0.29, 0.717) is 5.41 Å². The number of carbonyl (C=O) groups is 1. The number of nitrogens with one attached hydrogen (secondary N) is 1. The molecule has 2 aliphatic rings. The van der Waals surface area contributed by atoms with Crippen LogP contribution in [0.5, 0.6) is 0 Å². The molecule has 1 amide bonds. The molecule has 162 valence electrons. The summed E-state index contributed by atoms with van der Waals surface area (Å²) in [5.41, 5.74) is 5.85. The molecule has 1 atom stereocenters. The Bertz CT molecular complexity index is 497. The van der Waals surface area contributed by atoms with Crippen molar-refractivity contribution in [3.63, 3.8) is 0 Å². The number of guanidine groups is 1. The van der Waals surface area contributed by atoms with Crippen molar-refractivity contribution < 1.29 is 4.79 Å². The minimum Gasteiger partial charge on any atom is -0.369 e. The maximum absolute atomic E-state index is 11.3. The van der Waals surface area contributed by atoms with Crippen LogP contribution in [-0.4, -0.2) is 67.5 Å². The monoisotopic (exact) mass is 393 g/mol. The third-order valence-electron chi connectivity index (χ3n) is 6.40. The van der Waals surface area contributed by atoms with Crippen molar-refractivity contribution >= 4 is 11.9 Å². The summed E-state index contributed by atoms with van der Waals surface area (Å²) < 4.78 is 0. The van der Waals surface area contributed by atoms with E-state index < -0.39 is 0 Å². The number of aliphatic imine (C=N–C) groups is 1. The molecule has 3 N–H and O–H groups in total. The first-order valence-electron chi connectivity index (χ1n) is 11.5. The lowest BCUT2D eigenvalue weighted by Gasteiger charge is -2.42. The lowest BCUT2D eigenvalue weighted by Crippen LogP contribution is -2.49. The van der Waals surface area contributed by atoms with Crippen molar-refractivity contribution in [3.8, 4) is 0 Å². The number of hydrogen-bond acceptors (Lipinski definition) is 3. The SMILES string of the molecule is CCCC1(C)CCCN(C(=NCCCCN2CCC(C(N)=O)CC2)NCC)C1. The highest BCUT2D eigenvalue weighted by molar-refractivity contribution is 5.80. The third kappa shape index (κ3) is 7.26. The Morgan fingerprint density at radius 1 is 1.21 bits per heavy atom. The van der Waals surface area contributed by atoms with Crippen molar-refractivity contribution in [2.24, 2.45) is 22.1 Å². The molecule has 2 fully saturated rings. The zero-order valence-electron chi connectivity index (χ0n) is 18.5. The lowest BCUT2D eigenvalue weighted by atomic mass is 9.78. The number of carbonyl (C=O) groups excluding carboxylic acids is 1. The molecular formula is C22H43N5O. The van der Waals surface area contributed by atoms with Gasteiger partial charge in [0.25, 0.3) is 0 Å². The molecule has 6 heteroatoms. The van der Waals surface area contributed by atoms with E-state index in [4.69, 9.17) is 10.7 Å². The van der Waals surface area contributed by atoms with Crippen LogP contribution in [0.15, 0.2) is 4.99 Å². The molecule has 0 saturated carbocycles. The van der Waals surface area contributed by atoms with Crippen LogP contribution in [0.25, 0.3) is 0 Å². The molecule has 2 rings (SSSR count). The minimum absolute atomic E-state index is 0.0893. The van der Waals surface area contributed by atoms with E-state index in [0.717, 1.165) is 77.5 Å². The van der Waals surface area contributed by atoms with Crippen LogP contribution in [0.2, 0.25) is 0 Å². The van der Waals surface area contributed by atoms with Gasteiger partial charge in [-0.1, -0.05) is 20.3 Å². The second-order valence-electron chi connectivity index (χ2n) is 9.05. The largest absolute Gasteiger partial charge is 0.369 e. The fourth-order valence-corrected chi connectivity index (χ4v) is 4.80. The van der Waals surface area contributed by atoms with Crippen LogP contribution in [0.3, 0.4) is 0 Å². The number of piperidine rings is 2. The van der Waals surface area contributed by atoms with Gasteiger partial charge in [-0.05, 0) is 76.9 Å². The Labute approximate surface area is 172 Å². The van der Waals surface area contributed by atoms with Crippen LogP contribution >= 0.6 is 0 Å². The summed E-state index contributed by atoms with van der Waals surface area (Å²) in [7, 11) is 0. The highest BCUT2D eigenvalue weighted by Crippen LogP contribution is 2.33. The van der Waals surface area contributed by atoms with Crippen LogP contribution in [0.1, 0.15) is 72.1 Å². The molecule has 0 spiro atoms. The molecule has 2 aliphatic heterocycles. The number of hydrogen-bond donors (Lipinski definition) is 2. The van der Waals surface area contributed by atoms with Gasteiger partial charge in [-0.15, -0.1) is 0 Å². The molecule has 6 nitrogen and oxygen atoms in total. The zero-order chi connectivity index (χ0) is 20.4. The van der Waals surface area contributed by atoms with Gasteiger partial charge < -0.3 is 20.9 Å². The molecule has 0 aromatic carbocycles. The first-order valence-corrected chi connectivity index (χ1v) is 11.5. The smallest absolute Gasteiger partial charge is 0.220 e. The molecule has 0 bridgehead atoms. The van der Waals surface area contributed by atoms with Crippen molar-refractivity contribution in [2.75, 3.05) is 45.8 Å². The molecule has 2 heterocycles. The van der Waals surface area contributed by atoms with Gasteiger partial charge in [-0.3, -0.25) is 9.79 Å². The lowest BCUT2D eigenvalue weighted by molar-refractivity contribution is -0.123. The van der Waals surface area contributed by atoms with E-state index in [2.05, 4.69) is 35.9 Å². The van der Waals surface area contributed by atoms with Gasteiger partial charge in [0.05, 0.1) is 0 Å². The van der Waals surface area contributed by atoms with E-state index in [1.54, 1.807) is 0 Å². The van der Waals surface area contributed by atoms with Gasteiger partial charge in [-0.2, -0.15) is 0 Å². The van der Waals surface area contributed by atoms with Gasteiger partial charge >= 0.3 is 0 Å². The van der Waals surface area contributed by atoms with Gasteiger partial charge in [-0.25, -0.2) is 0 Å². The third-order valence-corrected chi connectivity index (χ3v) is 6.40. The molecular weight excluding hydrogens is 350 g/mol. The van der Waals surface area contributed by atoms with Crippen molar-refractivity contribution in [1.82, 2.24) is 15.1 Å². The Hall–Kier alpha value is -1.30. The first-order chi connectivity index (χ1) is 13.5. The van der Waals surface area contributed by atoms with E-state index in [1.807, 2.05) is 0 Å². The first kappa shape index (κ1) is 23.0. The van der Waals surface area contributed by atoms with Gasteiger partial charge in [0.1, 0.15) is 0 Å². The van der Waals surface area contributed by atoms with Crippen LogP contribution < -0.4 is 11.1 Å². The standard InChI is InChI=1S/C22H43N5O/c1-4-11-22(3)12-8-15-27(18-22)21(24-5-2)25-13-6-7-14-26-16-9-19(10-17-26)20(23)28/h19H,4-18H2,1-3H3,(H2,23,28)(H,24,25). The quantitative estimate of drug-likeness (QED) is 0.359. The summed E-state index contributed by atoms with van der Waals surface area (Å²) in [6.45, 7) is 14.1. The molecule has 1 unspecified atom stereocenters. The Kier molecular flexibility index (Phi) is 9.56. The Morgan fingerprint density at radius 3 is 2.61 bits per heavy atom. The summed E-state index contributed by atoms with van der Waals surface area (Å²) in [6.07, 6.45) is 9.28. The van der Waals surface area contributed by atoms with Crippen LogP contribution in [0, 0.1) is 11.3 Å². The second-order valence-corrected chi connectivity index (χ2v) is 9.05. The highest BCUT2D eigenvalue weighted by Gasteiger charge is 2.31. The summed E-state index contributed by atoms with van der Waals surface area (Å²) in [4.78, 5) is 21.1. The predicted molar refractivity (Wildman–Crippen MR) is 117 cm³/mol. The van der Waals surface area contributed by atoms with Crippen molar-refractivity contribution in [2.45, 2.75) is 72.1 Å². The van der Waals surface area contributed by atoms with Crippen molar-refractivity contribution in [3.05, 3.63) is 0 Å². The summed E-state index contributed by atoms with van der Waals surface area (Å²) >= 11 is 0. The number of amides is 1. The predicted octanol–water partition coefficient (Wildman–Crippen LogP) is 2.83. The topological polar surface area (TPSA) is 74.0 Å². The minimum atomic E-state index is -0.127. The number of rotatable bonds is 9. The second kappa shape index (κ2) is 11.6.